The summed E-state index contributed by atoms with van der Waals surface area (Å²) in [5.74, 6) is 0.919. The van der Waals surface area contributed by atoms with Gasteiger partial charge in [0.2, 0.25) is 18.0 Å². The second-order valence-corrected chi connectivity index (χ2v) is 7.10. The Morgan fingerprint density at radius 2 is 2.17 bits per heavy atom. The molecule has 2 aromatic rings. The van der Waals surface area contributed by atoms with E-state index < -0.39 is 6.23 Å². The lowest BCUT2D eigenvalue weighted by Crippen LogP contribution is -2.25. The fourth-order valence-electron chi connectivity index (χ4n) is 2.27. The fourth-order valence-corrected chi connectivity index (χ4v) is 3.39. The third-order valence-corrected chi connectivity index (χ3v) is 4.66. The molecule has 1 amide bonds. The molecule has 0 saturated heterocycles. The first-order valence-electron chi connectivity index (χ1n) is 6.99. The summed E-state index contributed by atoms with van der Waals surface area (Å²) >= 11 is 5.55. The molecule has 0 saturated carbocycles. The minimum absolute atomic E-state index is 0.205. The van der Waals surface area contributed by atoms with Gasteiger partial charge < -0.3 is 9.47 Å². The summed E-state index contributed by atoms with van der Waals surface area (Å²) < 4.78 is 12.9. The average molecular weight is 502 g/mol. The summed E-state index contributed by atoms with van der Waals surface area (Å²) in [5, 5.41) is 5.64. The van der Waals surface area contributed by atoms with Crippen LogP contribution in [0, 0.1) is 3.57 Å². The van der Waals surface area contributed by atoms with Crippen molar-refractivity contribution < 1.29 is 14.3 Å². The number of amides is 1. The molecular weight excluding hydrogens is 489 g/mol. The van der Waals surface area contributed by atoms with Crippen LogP contribution in [-0.2, 0) is 9.53 Å². The second-order valence-electron chi connectivity index (χ2n) is 5.02. The Balaban J connectivity index is 1.95. The van der Waals surface area contributed by atoms with Crippen molar-refractivity contribution in [3.05, 3.63) is 55.8 Å². The number of benzene rings is 1. The number of carbonyl (C=O) groups excluding carboxylic acids is 1. The highest BCUT2D eigenvalue weighted by atomic mass is 127. The number of methoxy groups -OCH3 is 1. The molecule has 24 heavy (non-hydrogen) atoms. The largest absolute Gasteiger partial charge is 0.496 e. The molecule has 8 heteroatoms. The zero-order chi connectivity index (χ0) is 17.3. The summed E-state index contributed by atoms with van der Waals surface area (Å²) in [4.78, 5) is 16.1. The standard InChI is InChI=1S/C16H13BrIN3O3/c1-9(22)21-16(10-3-4-14(23-2)13(18)6-10)24-15(20-21)11-5-12(17)8-19-7-11/h3-8,16H,1-2H3/t16-/m1/s1. The van der Waals surface area contributed by atoms with Gasteiger partial charge in [0, 0.05) is 29.4 Å². The Morgan fingerprint density at radius 3 is 2.79 bits per heavy atom. The van der Waals surface area contributed by atoms with Gasteiger partial charge in [-0.3, -0.25) is 9.78 Å². The lowest BCUT2D eigenvalue weighted by atomic mass is 10.2. The molecule has 0 N–H and O–H groups in total. The first-order valence-corrected chi connectivity index (χ1v) is 8.86. The number of hydrogen-bond donors (Lipinski definition) is 0. The van der Waals surface area contributed by atoms with E-state index in [-0.39, 0.29) is 5.91 Å². The molecule has 6 nitrogen and oxygen atoms in total. The van der Waals surface area contributed by atoms with E-state index >= 15 is 0 Å². The molecule has 0 aliphatic carbocycles. The van der Waals surface area contributed by atoms with Crippen LogP contribution in [0.25, 0.3) is 0 Å². The van der Waals surface area contributed by atoms with E-state index in [2.05, 4.69) is 48.6 Å². The zero-order valence-electron chi connectivity index (χ0n) is 12.9. The molecule has 1 aromatic carbocycles. The highest BCUT2D eigenvalue weighted by molar-refractivity contribution is 14.1. The van der Waals surface area contributed by atoms with Crippen LogP contribution in [0.5, 0.6) is 5.75 Å². The van der Waals surface area contributed by atoms with Crippen molar-refractivity contribution in [1.29, 1.82) is 0 Å². The van der Waals surface area contributed by atoms with Gasteiger partial charge in [-0.15, -0.1) is 5.10 Å². The van der Waals surface area contributed by atoms with Gasteiger partial charge in [-0.05, 0) is 62.8 Å². The fraction of sp³-hybridized carbons (Fsp3) is 0.188. The predicted molar refractivity (Wildman–Crippen MR) is 101 cm³/mol. The van der Waals surface area contributed by atoms with Gasteiger partial charge in [0.15, 0.2) is 0 Å². The number of halogens is 2. The van der Waals surface area contributed by atoms with Crippen molar-refractivity contribution in [3.63, 3.8) is 0 Å². The van der Waals surface area contributed by atoms with Crippen molar-refractivity contribution in [2.24, 2.45) is 5.10 Å². The van der Waals surface area contributed by atoms with Crippen LogP contribution in [-0.4, -0.2) is 28.9 Å². The van der Waals surface area contributed by atoms with Crippen LogP contribution >= 0.6 is 38.5 Å². The van der Waals surface area contributed by atoms with Crippen molar-refractivity contribution in [1.82, 2.24) is 9.99 Å². The predicted octanol–water partition coefficient (Wildman–Crippen LogP) is 3.70. The highest BCUT2D eigenvalue weighted by Gasteiger charge is 2.33. The molecule has 124 valence electrons. The Morgan fingerprint density at radius 1 is 1.38 bits per heavy atom. The minimum atomic E-state index is -0.615. The average Bonchev–Trinajstić information content (AvgIpc) is 3.00. The zero-order valence-corrected chi connectivity index (χ0v) is 16.6. The van der Waals surface area contributed by atoms with E-state index in [0.717, 1.165) is 19.4 Å². The number of nitrogens with zero attached hydrogens (tertiary/aromatic N) is 3. The van der Waals surface area contributed by atoms with Crippen LogP contribution in [0.15, 0.2) is 46.2 Å². The molecule has 1 aliphatic heterocycles. The normalized spacial score (nSPS) is 16.6. The topological polar surface area (TPSA) is 64.0 Å². The number of carbonyl (C=O) groups is 1. The lowest BCUT2D eigenvalue weighted by molar-refractivity contribution is -0.135. The van der Waals surface area contributed by atoms with Gasteiger partial charge in [0.1, 0.15) is 5.75 Å². The molecule has 0 unspecified atom stereocenters. The third-order valence-electron chi connectivity index (χ3n) is 3.38. The van der Waals surface area contributed by atoms with E-state index in [0.29, 0.717) is 11.5 Å². The first kappa shape index (κ1) is 17.2. The molecule has 0 bridgehead atoms. The molecule has 3 rings (SSSR count). The minimum Gasteiger partial charge on any atom is -0.496 e. The number of ether oxygens (including phenoxy) is 2. The maximum absolute atomic E-state index is 12.0. The Kier molecular flexibility index (Phi) is 5.04. The second kappa shape index (κ2) is 7.06. The van der Waals surface area contributed by atoms with Gasteiger partial charge in [0.25, 0.3) is 0 Å². The van der Waals surface area contributed by atoms with Gasteiger partial charge in [0.05, 0.1) is 16.2 Å². The van der Waals surface area contributed by atoms with Crippen LogP contribution in [0.3, 0.4) is 0 Å². The summed E-state index contributed by atoms with van der Waals surface area (Å²) in [6.45, 7) is 1.45. The van der Waals surface area contributed by atoms with E-state index in [1.807, 2.05) is 24.3 Å². The number of pyridine rings is 1. The summed E-state index contributed by atoms with van der Waals surface area (Å²) in [7, 11) is 1.62. The van der Waals surface area contributed by atoms with E-state index in [1.54, 1.807) is 19.5 Å². The molecule has 0 spiro atoms. The number of aromatic nitrogens is 1. The van der Waals surface area contributed by atoms with Crippen molar-refractivity contribution in [2.75, 3.05) is 7.11 Å². The summed E-state index contributed by atoms with van der Waals surface area (Å²) in [6.07, 6.45) is 2.70. The van der Waals surface area contributed by atoms with Gasteiger partial charge in [-0.25, -0.2) is 0 Å². The Labute approximate surface area is 161 Å². The van der Waals surface area contributed by atoms with E-state index in [4.69, 9.17) is 9.47 Å². The quantitative estimate of drug-likeness (QED) is 0.601. The molecule has 2 heterocycles. The van der Waals surface area contributed by atoms with Crippen molar-refractivity contribution >= 4 is 50.3 Å². The number of hydrazone groups is 1. The monoisotopic (exact) mass is 501 g/mol. The van der Waals surface area contributed by atoms with Crippen LogP contribution < -0.4 is 4.74 Å². The van der Waals surface area contributed by atoms with Crippen molar-refractivity contribution in [2.45, 2.75) is 13.2 Å². The summed E-state index contributed by atoms with van der Waals surface area (Å²) in [6, 6.07) is 7.46. The first-order chi connectivity index (χ1) is 11.5. The highest BCUT2D eigenvalue weighted by Crippen LogP contribution is 2.33. The maximum atomic E-state index is 12.0. The summed E-state index contributed by atoms with van der Waals surface area (Å²) in [5.41, 5.74) is 1.51. The number of hydrogen-bond acceptors (Lipinski definition) is 5. The number of rotatable bonds is 3. The Hall–Kier alpha value is -1.68. The molecule has 1 atom stereocenters. The molecule has 0 fully saturated rings. The van der Waals surface area contributed by atoms with Crippen LogP contribution in [0.1, 0.15) is 24.3 Å². The molecule has 1 aliphatic rings. The SMILES string of the molecule is COc1ccc([C@H]2OC(c3cncc(Br)c3)=NN2C(C)=O)cc1I. The molecule has 1 aromatic heterocycles. The van der Waals surface area contributed by atoms with Crippen molar-refractivity contribution in [3.8, 4) is 5.75 Å². The smallest absolute Gasteiger partial charge is 0.243 e. The Bertz CT molecular complexity index is 828. The van der Waals surface area contributed by atoms with Crippen LogP contribution in [0.2, 0.25) is 0 Å². The van der Waals surface area contributed by atoms with Gasteiger partial charge in [-0.2, -0.15) is 5.01 Å². The van der Waals surface area contributed by atoms with E-state index in [9.17, 15) is 4.79 Å². The van der Waals surface area contributed by atoms with Crippen LogP contribution in [0.4, 0.5) is 0 Å². The molecule has 0 radical (unpaired) electrons. The van der Waals surface area contributed by atoms with Gasteiger partial charge in [-0.1, -0.05) is 0 Å². The van der Waals surface area contributed by atoms with E-state index in [1.165, 1.54) is 11.9 Å². The maximum Gasteiger partial charge on any atom is 0.243 e. The lowest BCUT2D eigenvalue weighted by Gasteiger charge is -2.20. The molecular formula is C16H13BrIN3O3. The third kappa shape index (κ3) is 3.39. The van der Waals surface area contributed by atoms with Gasteiger partial charge >= 0.3 is 0 Å².